The smallest absolute Gasteiger partial charge is 0.0630 e. The summed E-state index contributed by atoms with van der Waals surface area (Å²) in [4.78, 5) is 2.56. The van der Waals surface area contributed by atoms with Crippen molar-refractivity contribution in [3.05, 3.63) is 0 Å². The molecule has 0 aromatic carbocycles. The highest BCUT2D eigenvalue weighted by atomic mass is 16.5. The fourth-order valence-corrected chi connectivity index (χ4v) is 3.00. The van der Waals surface area contributed by atoms with E-state index in [1.807, 2.05) is 7.11 Å². The van der Waals surface area contributed by atoms with Crippen LogP contribution in [0.25, 0.3) is 0 Å². The lowest BCUT2D eigenvalue weighted by Crippen LogP contribution is -2.49. The average molecular weight is 270 g/mol. The van der Waals surface area contributed by atoms with E-state index in [-0.39, 0.29) is 0 Å². The van der Waals surface area contributed by atoms with Gasteiger partial charge in [0, 0.05) is 25.7 Å². The molecular formula is C16H34N2O. The SMILES string of the molecule is COCC(CNCC(C)C)N(C)C1CCC(C)CC1. The van der Waals surface area contributed by atoms with Gasteiger partial charge in [0.15, 0.2) is 0 Å². The minimum absolute atomic E-state index is 0.502. The number of hydrogen-bond acceptors (Lipinski definition) is 3. The summed E-state index contributed by atoms with van der Waals surface area (Å²) in [6.45, 7) is 9.85. The molecule has 19 heavy (non-hydrogen) atoms. The van der Waals surface area contributed by atoms with E-state index >= 15 is 0 Å². The third-order valence-corrected chi connectivity index (χ3v) is 4.43. The van der Waals surface area contributed by atoms with Gasteiger partial charge in [-0.05, 0) is 51.1 Å². The van der Waals surface area contributed by atoms with Crippen molar-refractivity contribution in [2.45, 2.75) is 58.5 Å². The summed E-state index contributed by atoms with van der Waals surface area (Å²) in [6.07, 6.45) is 5.46. The van der Waals surface area contributed by atoms with Crippen molar-refractivity contribution < 1.29 is 4.74 Å². The molecule has 3 heteroatoms. The fourth-order valence-electron chi connectivity index (χ4n) is 3.00. The van der Waals surface area contributed by atoms with Gasteiger partial charge >= 0.3 is 0 Å². The van der Waals surface area contributed by atoms with Gasteiger partial charge in [-0.1, -0.05) is 20.8 Å². The molecule has 0 aromatic heterocycles. The molecule has 0 radical (unpaired) electrons. The number of rotatable bonds is 8. The van der Waals surface area contributed by atoms with Crippen LogP contribution in [0.15, 0.2) is 0 Å². The zero-order chi connectivity index (χ0) is 14.3. The van der Waals surface area contributed by atoms with E-state index in [4.69, 9.17) is 4.74 Å². The molecule has 1 aliphatic carbocycles. The number of nitrogens with zero attached hydrogens (tertiary/aromatic N) is 1. The summed E-state index contributed by atoms with van der Waals surface area (Å²) >= 11 is 0. The first-order valence-corrected chi connectivity index (χ1v) is 7.96. The Hall–Kier alpha value is -0.120. The van der Waals surface area contributed by atoms with Gasteiger partial charge in [-0.3, -0.25) is 4.90 Å². The molecule has 0 saturated heterocycles. The molecule has 3 nitrogen and oxygen atoms in total. The number of methoxy groups -OCH3 is 1. The van der Waals surface area contributed by atoms with Crippen LogP contribution in [0, 0.1) is 11.8 Å². The molecule has 1 atom stereocenters. The summed E-state index contributed by atoms with van der Waals surface area (Å²) in [5, 5.41) is 3.58. The van der Waals surface area contributed by atoms with Crippen LogP contribution >= 0.6 is 0 Å². The molecule has 0 amide bonds. The molecule has 1 aliphatic rings. The molecule has 0 aromatic rings. The normalized spacial score (nSPS) is 26.1. The maximum absolute atomic E-state index is 5.41. The standard InChI is InChI=1S/C16H34N2O/c1-13(2)10-17-11-16(12-19-5)18(4)15-8-6-14(3)7-9-15/h13-17H,6-12H2,1-5H3. The van der Waals surface area contributed by atoms with Crippen LogP contribution in [-0.4, -0.2) is 50.8 Å². The van der Waals surface area contributed by atoms with E-state index in [9.17, 15) is 0 Å². The van der Waals surface area contributed by atoms with E-state index < -0.39 is 0 Å². The minimum atomic E-state index is 0.502. The lowest BCUT2D eigenvalue weighted by atomic mass is 9.86. The molecule has 0 heterocycles. The third-order valence-electron chi connectivity index (χ3n) is 4.43. The van der Waals surface area contributed by atoms with Crippen molar-refractivity contribution in [2.24, 2.45) is 11.8 Å². The van der Waals surface area contributed by atoms with Crippen LogP contribution in [-0.2, 0) is 4.74 Å². The summed E-state index contributed by atoms with van der Waals surface area (Å²) in [5.41, 5.74) is 0. The fraction of sp³-hybridized carbons (Fsp3) is 1.00. The van der Waals surface area contributed by atoms with Gasteiger partial charge in [-0.2, -0.15) is 0 Å². The van der Waals surface area contributed by atoms with Crippen molar-refractivity contribution >= 4 is 0 Å². The lowest BCUT2D eigenvalue weighted by molar-refractivity contribution is 0.0608. The molecule has 1 unspecified atom stereocenters. The highest BCUT2D eigenvalue weighted by molar-refractivity contribution is 4.82. The van der Waals surface area contributed by atoms with Crippen LogP contribution in [0.1, 0.15) is 46.5 Å². The molecule has 1 fully saturated rings. The van der Waals surface area contributed by atoms with E-state index in [2.05, 4.69) is 38.0 Å². The third kappa shape index (κ3) is 6.24. The lowest BCUT2D eigenvalue weighted by Gasteiger charge is -2.38. The highest BCUT2D eigenvalue weighted by Crippen LogP contribution is 2.27. The van der Waals surface area contributed by atoms with E-state index in [1.54, 1.807) is 0 Å². The van der Waals surface area contributed by atoms with Gasteiger partial charge in [0.25, 0.3) is 0 Å². The first-order chi connectivity index (χ1) is 9.04. The van der Waals surface area contributed by atoms with Crippen LogP contribution in [0.3, 0.4) is 0 Å². The van der Waals surface area contributed by atoms with Crippen molar-refractivity contribution in [1.82, 2.24) is 10.2 Å². The topological polar surface area (TPSA) is 24.5 Å². The predicted octanol–water partition coefficient (Wildman–Crippen LogP) is 2.76. The first kappa shape index (κ1) is 16.9. The van der Waals surface area contributed by atoms with Gasteiger partial charge in [0.1, 0.15) is 0 Å². The van der Waals surface area contributed by atoms with Crippen molar-refractivity contribution in [1.29, 1.82) is 0 Å². The Morgan fingerprint density at radius 3 is 2.32 bits per heavy atom. The molecule has 0 aliphatic heterocycles. The van der Waals surface area contributed by atoms with E-state index in [0.717, 1.165) is 31.7 Å². The summed E-state index contributed by atoms with van der Waals surface area (Å²) < 4.78 is 5.41. The van der Waals surface area contributed by atoms with Gasteiger partial charge < -0.3 is 10.1 Å². The van der Waals surface area contributed by atoms with Crippen molar-refractivity contribution in [3.8, 4) is 0 Å². The maximum atomic E-state index is 5.41. The van der Waals surface area contributed by atoms with Crippen LogP contribution < -0.4 is 5.32 Å². The summed E-state index contributed by atoms with van der Waals surface area (Å²) in [7, 11) is 4.09. The minimum Gasteiger partial charge on any atom is -0.383 e. The first-order valence-electron chi connectivity index (χ1n) is 7.96. The van der Waals surface area contributed by atoms with Gasteiger partial charge in [-0.25, -0.2) is 0 Å². The Labute approximate surface area is 120 Å². The average Bonchev–Trinajstić information content (AvgIpc) is 2.37. The highest BCUT2D eigenvalue weighted by Gasteiger charge is 2.26. The zero-order valence-corrected chi connectivity index (χ0v) is 13.6. The number of hydrogen-bond donors (Lipinski definition) is 1. The van der Waals surface area contributed by atoms with E-state index in [0.29, 0.717) is 12.0 Å². The number of nitrogens with one attached hydrogen (secondary N) is 1. The molecular weight excluding hydrogens is 236 g/mol. The van der Waals surface area contributed by atoms with Crippen molar-refractivity contribution in [2.75, 3.05) is 33.9 Å². The second kappa shape index (κ2) is 8.93. The Morgan fingerprint density at radius 2 is 1.79 bits per heavy atom. The largest absolute Gasteiger partial charge is 0.383 e. The molecule has 0 bridgehead atoms. The Balaban J connectivity index is 2.40. The van der Waals surface area contributed by atoms with Gasteiger partial charge in [-0.15, -0.1) is 0 Å². The second-order valence-corrected chi connectivity index (χ2v) is 6.74. The molecule has 0 spiro atoms. The second-order valence-electron chi connectivity index (χ2n) is 6.74. The summed E-state index contributed by atoms with van der Waals surface area (Å²) in [6, 6.07) is 1.25. The van der Waals surface area contributed by atoms with Crippen molar-refractivity contribution in [3.63, 3.8) is 0 Å². The monoisotopic (exact) mass is 270 g/mol. The zero-order valence-electron chi connectivity index (χ0n) is 13.6. The Morgan fingerprint density at radius 1 is 1.16 bits per heavy atom. The van der Waals surface area contributed by atoms with Gasteiger partial charge in [0.2, 0.25) is 0 Å². The number of ether oxygens (including phenoxy) is 1. The van der Waals surface area contributed by atoms with Crippen LogP contribution in [0.4, 0.5) is 0 Å². The van der Waals surface area contributed by atoms with Gasteiger partial charge in [0.05, 0.1) is 6.61 Å². The molecule has 114 valence electrons. The maximum Gasteiger partial charge on any atom is 0.0630 e. The van der Waals surface area contributed by atoms with E-state index in [1.165, 1.54) is 25.7 Å². The predicted molar refractivity (Wildman–Crippen MR) is 82.6 cm³/mol. The quantitative estimate of drug-likeness (QED) is 0.734. The van der Waals surface area contributed by atoms with Crippen LogP contribution in [0.5, 0.6) is 0 Å². The summed E-state index contributed by atoms with van der Waals surface area (Å²) in [5.74, 6) is 1.63. The number of likely N-dealkylation sites (N-methyl/N-ethyl adjacent to an activating group) is 1. The molecule has 1 saturated carbocycles. The van der Waals surface area contributed by atoms with Crippen LogP contribution in [0.2, 0.25) is 0 Å². The Bertz CT molecular complexity index is 225. The molecule has 1 rings (SSSR count). The Kier molecular flexibility index (Phi) is 7.96. The molecule has 1 N–H and O–H groups in total.